The van der Waals surface area contributed by atoms with Gasteiger partial charge in [-0.25, -0.2) is 13.1 Å². The second kappa shape index (κ2) is 9.03. The summed E-state index contributed by atoms with van der Waals surface area (Å²) in [5.74, 6) is 0.108. The molecule has 8 nitrogen and oxygen atoms in total. The van der Waals surface area contributed by atoms with Crippen LogP contribution in [0.25, 0.3) is 0 Å². The summed E-state index contributed by atoms with van der Waals surface area (Å²) in [6.07, 6.45) is 4.13. The van der Waals surface area contributed by atoms with E-state index >= 15 is 0 Å². The fraction of sp³-hybridized carbons (Fsp3) is 0.619. The first kappa shape index (κ1) is 21.3. The molecule has 0 aromatic heterocycles. The van der Waals surface area contributed by atoms with Crippen molar-refractivity contribution in [1.82, 2.24) is 14.5 Å². The van der Waals surface area contributed by atoms with Crippen LogP contribution in [0.4, 0.5) is 0 Å². The minimum atomic E-state index is -3.45. The summed E-state index contributed by atoms with van der Waals surface area (Å²) >= 11 is 0. The molecule has 2 saturated heterocycles. The summed E-state index contributed by atoms with van der Waals surface area (Å²) in [6, 6.07) is 6.81. The van der Waals surface area contributed by atoms with E-state index in [2.05, 4.69) is 4.72 Å². The smallest absolute Gasteiger partial charge is 0.251 e. The molecule has 1 saturated carbocycles. The van der Waals surface area contributed by atoms with Crippen LogP contribution in [0, 0.1) is 0 Å². The van der Waals surface area contributed by atoms with Gasteiger partial charge >= 0.3 is 0 Å². The number of aryl methyl sites for hydroxylation is 1. The van der Waals surface area contributed by atoms with Crippen LogP contribution in [0.2, 0.25) is 0 Å². The summed E-state index contributed by atoms with van der Waals surface area (Å²) in [5, 5.41) is 0. The molecule has 1 aliphatic carbocycles. The van der Waals surface area contributed by atoms with Crippen LogP contribution in [-0.4, -0.2) is 75.0 Å². The Balaban J connectivity index is 1.22. The van der Waals surface area contributed by atoms with Gasteiger partial charge in [0.05, 0.1) is 4.90 Å². The van der Waals surface area contributed by atoms with Gasteiger partial charge in [0.2, 0.25) is 15.9 Å². The van der Waals surface area contributed by atoms with Gasteiger partial charge in [-0.2, -0.15) is 0 Å². The first-order chi connectivity index (χ1) is 14.4. The zero-order valence-electron chi connectivity index (χ0n) is 17.1. The molecular formula is C21H29N3O5S. The molecular weight excluding hydrogens is 406 g/mol. The zero-order valence-corrected chi connectivity index (χ0v) is 17.9. The average Bonchev–Trinajstić information content (AvgIpc) is 3.38. The number of hydrogen-bond donors (Lipinski definition) is 1. The summed E-state index contributed by atoms with van der Waals surface area (Å²) < 4.78 is 32.6. The normalized spacial score (nSPS) is 22.3. The van der Waals surface area contributed by atoms with Crippen molar-refractivity contribution in [2.75, 3.05) is 32.8 Å². The number of hydrogen-bond acceptors (Lipinski definition) is 5. The molecule has 9 heteroatoms. The van der Waals surface area contributed by atoms with Gasteiger partial charge < -0.3 is 14.5 Å². The van der Waals surface area contributed by atoms with Gasteiger partial charge in [-0.15, -0.1) is 0 Å². The Morgan fingerprint density at radius 2 is 1.67 bits per heavy atom. The van der Waals surface area contributed by atoms with Crippen LogP contribution in [0.1, 0.15) is 37.7 Å². The number of sulfonamides is 1. The molecule has 3 aliphatic rings. The minimum absolute atomic E-state index is 0.0471. The highest BCUT2D eigenvalue weighted by atomic mass is 32.2. The standard InChI is InChI=1S/C21H29N3O5S/c25-20(23-11-13-24(14-12-23)21(26)19-2-1-15-29-19)10-5-16-3-8-18(9-4-16)30(27,28)22-17-6-7-17/h3-4,8-9,17,19,22H,1-2,5-7,10-15H2. The van der Waals surface area contributed by atoms with E-state index in [1.54, 1.807) is 34.1 Å². The van der Waals surface area contributed by atoms with Gasteiger partial charge in [0, 0.05) is 45.2 Å². The maximum absolute atomic E-state index is 12.6. The molecule has 4 rings (SSSR count). The highest BCUT2D eigenvalue weighted by molar-refractivity contribution is 7.89. The third kappa shape index (κ3) is 5.19. The summed E-state index contributed by atoms with van der Waals surface area (Å²) in [4.78, 5) is 28.8. The molecule has 2 aliphatic heterocycles. The third-order valence-electron chi connectivity index (χ3n) is 5.91. The van der Waals surface area contributed by atoms with Crippen molar-refractivity contribution >= 4 is 21.8 Å². The van der Waals surface area contributed by atoms with Crippen molar-refractivity contribution in [3.05, 3.63) is 29.8 Å². The number of amides is 2. The number of benzene rings is 1. The predicted octanol–water partition coefficient (Wildman–Crippen LogP) is 0.910. The molecule has 1 unspecified atom stereocenters. The van der Waals surface area contributed by atoms with Crippen LogP contribution >= 0.6 is 0 Å². The zero-order chi connectivity index (χ0) is 21.1. The molecule has 0 bridgehead atoms. The Hall–Kier alpha value is -1.97. The van der Waals surface area contributed by atoms with Crippen molar-refractivity contribution in [2.24, 2.45) is 0 Å². The van der Waals surface area contributed by atoms with Crippen LogP contribution in [0.3, 0.4) is 0 Å². The molecule has 0 radical (unpaired) electrons. The van der Waals surface area contributed by atoms with Gasteiger partial charge in [0.1, 0.15) is 6.10 Å². The highest BCUT2D eigenvalue weighted by Gasteiger charge is 2.31. The van der Waals surface area contributed by atoms with E-state index in [-0.39, 0.29) is 28.9 Å². The van der Waals surface area contributed by atoms with Crippen LogP contribution in [-0.2, 0) is 30.8 Å². The highest BCUT2D eigenvalue weighted by Crippen LogP contribution is 2.22. The van der Waals surface area contributed by atoms with Gasteiger partial charge in [-0.05, 0) is 49.8 Å². The molecule has 30 heavy (non-hydrogen) atoms. The van der Waals surface area contributed by atoms with E-state index < -0.39 is 10.0 Å². The van der Waals surface area contributed by atoms with Crippen LogP contribution in [0.5, 0.6) is 0 Å². The predicted molar refractivity (Wildman–Crippen MR) is 110 cm³/mol. The van der Waals surface area contributed by atoms with Gasteiger partial charge in [-0.1, -0.05) is 12.1 Å². The lowest BCUT2D eigenvalue weighted by molar-refractivity contribution is -0.146. The number of nitrogens with one attached hydrogen (secondary N) is 1. The maximum atomic E-state index is 12.6. The second-order valence-corrected chi connectivity index (χ2v) is 9.96. The van der Waals surface area contributed by atoms with Gasteiger partial charge in [0.15, 0.2) is 0 Å². The Kier molecular flexibility index (Phi) is 6.40. The molecule has 1 N–H and O–H groups in total. The Morgan fingerprint density at radius 1 is 1.00 bits per heavy atom. The van der Waals surface area contributed by atoms with E-state index in [1.807, 2.05) is 0 Å². The average molecular weight is 436 g/mol. The van der Waals surface area contributed by atoms with Crippen molar-refractivity contribution in [3.63, 3.8) is 0 Å². The SMILES string of the molecule is O=C(CCc1ccc(S(=O)(=O)NC2CC2)cc1)N1CCN(C(=O)C2CCCO2)CC1. The molecule has 164 valence electrons. The van der Waals surface area contributed by atoms with Crippen molar-refractivity contribution < 1.29 is 22.7 Å². The Labute approximate surface area is 177 Å². The van der Waals surface area contributed by atoms with Crippen molar-refractivity contribution in [1.29, 1.82) is 0 Å². The number of carbonyl (C=O) groups is 2. The molecule has 0 spiro atoms. The monoisotopic (exact) mass is 435 g/mol. The second-order valence-electron chi connectivity index (χ2n) is 8.25. The van der Waals surface area contributed by atoms with Gasteiger partial charge in [0.25, 0.3) is 5.91 Å². The molecule has 1 aromatic carbocycles. The number of ether oxygens (including phenoxy) is 1. The molecule has 3 fully saturated rings. The fourth-order valence-electron chi connectivity index (χ4n) is 3.89. The lowest BCUT2D eigenvalue weighted by Crippen LogP contribution is -2.52. The summed E-state index contributed by atoms with van der Waals surface area (Å²) in [5.41, 5.74) is 0.931. The molecule has 2 heterocycles. The molecule has 2 amide bonds. The lowest BCUT2D eigenvalue weighted by Gasteiger charge is -2.35. The van der Waals surface area contributed by atoms with E-state index in [9.17, 15) is 18.0 Å². The largest absolute Gasteiger partial charge is 0.368 e. The number of carbonyl (C=O) groups excluding carboxylic acids is 2. The summed E-state index contributed by atoms with van der Waals surface area (Å²) in [6.45, 7) is 2.83. The Bertz CT molecular complexity index is 868. The van der Waals surface area contributed by atoms with E-state index in [0.717, 1.165) is 31.2 Å². The maximum Gasteiger partial charge on any atom is 0.251 e. The number of piperazine rings is 1. The van der Waals surface area contributed by atoms with E-state index in [0.29, 0.717) is 45.6 Å². The fourth-order valence-corrected chi connectivity index (χ4v) is 5.19. The first-order valence-electron chi connectivity index (χ1n) is 10.7. The van der Waals surface area contributed by atoms with Crippen molar-refractivity contribution in [2.45, 2.75) is 55.6 Å². The first-order valence-corrected chi connectivity index (χ1v) is 12.2. The third-order valence-corrected chi connectivity index (χ3v) is 7.45. The number of rotatable bonds is 7. The number of nitrogens with zero attached hydrogens (tertiary/aromatic N) is 2. The van der Waals surface area contributed by atoms with Crippen molar-refractivity contribution in [3.8, 4) is 0 Å². The quantitative estimate of drug-likeness (QED) is 0.687. The molecule has 1 aromatic rings. The van der Waals surface area contributed by atoms with Gasteiger partial charge in [-0.3, -0.25) is 9.59 Å². The summed E-state index contributed by atoms with van der Waals surface area (Å²) in [7, 11) is -3.45. The van der Waals surface area contributed by atoms with E-state index in [1.165, 1.54) is 0 Å². The van der Waals surface area contributed by atoms with E-state index in [4.69, 9.17) is 4.74 Å². The topological polar surface area (TPSA) is 96.0 Å². The molecule has 1 atom stereocenters. The van der Waals surface area contributed by atoms with Crippen LogP contribution < -0.4 is 4.72 Å². The minimum Gasteiger partial charge on any atom is -0.368 e. The van der Waals surface area contributed by atoms with Crippen LogP contribution in [0.15, 0.2) is 29.2 Å². The lowest BCUT2D eigenvalue weighted by atomic mass is 10.1. The Morgan fingerprint density at radius 3 is 2.27 bits per heavy atom.